The number of aliphatic carboxylic acids is 1. The number of aliphatic hydroxyl groups excluding tert-OH is 2. The molecular formula is C10H18NO5-. The van der Waals surface area contributed by atoms with Crippen molar-refractivity contribution >= 4 is 11.9 Å². The van der Waals surface area contributed by atoms with E-state index in [4.69, 9.17) is 5.11 Å². The maximum absolute atomic E-state index is 11.4. The average molecular weight is 232 g/mol. The first-order valence-corrected chi connectivity index (χ1v) is 5.07. The Morgan fingerprint density at radius 2 is 2.00 bits per heavy atom. The highest BCUT2D eigenvalue weighted by molar-refractivity contribution is 5.81. The van der Waals surface area contributed by atoms with Crippen molar-refractivity contribution in [2.45, 2.75) is 32.8 Å². The van der Waals surface area contributed by atoms with Crippen molar-refractivity contribution in [3.8, 4) is 0 Å². The zero-order valence-electron chi connectivity index (χ0n) is 9.52. The lowest BCUT2D eigenvalue weighted by Gasteiger charge is -2.27. The fourth-order valence-corrected chi connectivity index (χ4v) is 0.982. The van der Waals surface area contributed by atoms with Crippen molar-refractivity contribution in [2.75, 3.05) is 13.2 Å². The molecule has 6 heteroatoms. The molecule has 0 saturated carbocycles. The Balaban J connectivity index is 3.93. The molecule has 1 amide bonds. The average Bonchev–Trinajstić information content (AvgIpc) is 2.22. The third-order valence-corrected chi connectivity index (χ3v) is 2.25. The molecule has 1 atom stereocenters. The molecule has 0 aliphatic heterocycles. The number of aliphatic hydroxyl groups is 2. The quantitative estimate of drug-likeness (QED) is 0.440. The number of amides is 1. The second-order valence-corrected chi connectivity index (χ2v) is 4.32. The van der Waals surface area contributed by atoms with Gasteiger partial charge in [0.1, 0.15) is 6.10 Å². The highest BCUT2D eigenvalue weighted by Crippen LogP contribution is 2.19. The van der Waals surface area contributed by atoms with Crippen LogP contribution in [0, 0.1) is 5.41 Å². The van der Waals surface area contributed by atoms with Crippen LogP contribution in [0.1, 0.15) is 26.7 Å². The molecule has 6 nitrogen and oxygen atoms in total. The normalized spacial score (nSPS) is 13.2. The first-order chi connectivity index (χ1) is 7.31. The highest BCUT2D eigenvalue weighted by Gasteiger charge is 2.32. The van der Waals surface area contributed by atoms with Crippen LogP contribution in [0.5, 0.6) is 0 Å². The Bertz CT molecular complexity index is 252. The molecule has 0 saturated heterocycles. The Hall–Kier alpha value is -1.14. The maximum Gasteiger partial charge on any atom is 0.249 e. The van der Waals surface area contributed by atoms with Crippen molar-refractivity contribution in [1.82, 2.24) is 5.32 Å². The van der Waals surface area contributed by atoms with E-state index in [2.05, 4.69) is 5.32 Å². The summed E-state index contributed by atoms with van der Waals surface area (Å²) in [5, 5.41) is 30.9. The van der Waals surface area contributed by atoms with Crippen molar-refractivity contribution in [1.29, 1.82) is 0 Å². The van der Waals surface area contributed by atoms with E-state index < -0.39 is 23.4 Å². The first-order valence-electron chi connectivity index (χ1n) is 5.07. The van der Waals surface area contributed by atoms with Crippen LogP contribution in [0.2, 0.25) is 0 Å². The van der Waals surface area contributed by atoms with Gasteiger partial charge < -0.3 is 25.4 Å². The Kier molecular flexibility index (Phi) is 5.98. The van der Waals surface area contributed by atoms with Crippen LogP contribution in [0.4, 0.5) is 0 Å². The molecule has 0 aromatic heterocycles. The molecule has 0 aliphatic rings. The van der Waals surface area contributed by atoms with Gasteiger partial charge in [-0.15, -0.1) is 0 Å². The smallest absolute Gasteiger partial charge is 0.249 e. The molecule has 0 rings (SSSR count). The number of carbonyl (C=O) groups excluding carboxylic acids is 2. The van der Waals surface area contributed by atoms with Crippen LogP contribution >= 0.6 is 0 Å². The predicted molar refractivity (Wildman–Crippen MR) is 54.1 cm³/mol. The van der Waals surface area contributed by atoms with Gasteiger partial charge in [0.05, 0.1) is 6.61 Å². The SMILES string of the molecule is CC(C)(CO)C(O)C(=O)NCCCC(=O)[O-]. The molecule has 0 aliphatic carbocycles. The zero-order chi connectivity index (χ0) is 12.8. The molecule has 0 aromatic carbocycles. The summed E-state index contributed by atoms with van der Waals surface area (Å²) < 4.78 is 0. The van der Waals surface area contributed by atoms with E-state index in [0.29, 0.717) is 0 Å². The third-order valence-electron chi connectivity index (χ3n) is 2.25. The minimum atomic E-state index is -1.32. The van der Waals surface area contributed by atoms with Gasteiger partial charge >= 0.3 is 0 Å². The van der Waals surface area contributed by atoms with E-state index in [9.17, 15) is 19.8 Å². The van der Waals surface area contributed by atoms with Gasteiger partial charge in [-0.05, 0) is 12.8 Å². The number of rotatable bonds is 7. The fourth-order valence-electron chi connectivity index (χ4n) is 0.982. The maximum atomic E-state index is 11.4. The highest BCUT2D eigenvalue weighted by atomic mass is 16.4. The summed E-state index contributed by atoms with van der Waals surface area (Å²) in [6.45, 7) is 2.95. The lowest BCUT2D eigenvalue weighted by Crippen LogP contribution is -2.45. The van der Waals surface area contributed by atoms with Crippen molar-refractivity contribution < 1.29 is 24.9 Å². The molecule has 1 unspecified atom stereocenters. The van der Waals surface area contributed by atoms with Gasteiger partial charge in [-0.3, -0.25) is 4.79 Å². The van der Waals surface area contributed by atoms with E-state index in [1.807, 2.05) is 0 Å². The lowest BCUT2D eigenvalue weighted by molar-refractivity contribution is -0.305. The van der Waals surface area contributed by atoms with E-state index in [1.54, 1.807) is 13.8 Å². The van der Waals surface area contributed by atoms with E-state index in [0.717, 1.165) is 0 Å². The molecule has 0 spiro atoms. The van der Waals surface area contributed by atoms with Gasteiger partial charge in [0.25, 0.3) is 0 Å². The number of carboxylic acid groups (broad SMARTS) is 1. The lowest BCUT2D eigenvalue weighted by atomic mass is 9.87. The van der Waals surface area contributed by atoms with Gasteiger partial charge in [-0.25, -0.2) is 0 Å². The van der Waals surface area contributed by atoms with E-state index >= 15 is 0 Å². The van der Waals surface area contributed by atoms with Gasteiger partial charge in [0, 0.05) is 17.9 Å². The summed E-state index contributed by atoms with van der Waals surface area (Å²) in [5.74, 6) is -1.79. The summed E-state index contributed by atoms with van der Waals surface area (Å²) in [4.78, 5) is 21.4. The van der Waals surface area contributed by atoms with Crippen LogP contribution < -0.4 is 10.4 Å². The van der Waals surface area contributed by atoms with Gasteiger partial charge in [-0.2, -0.15) is 0 Å². The molecule has 0 radical (unpaired) electrons. The summed E-state index contributed by atoms with van der Waals surface area (Å²) in [6, 6.07) is 0. The third kappa shape index (κ3) is 5.09. The van der Waals surface area contributed by atoms with Gasteiger partial charge in [0.2, 0.25) is 5.91 Å². The monoisotopic (exact) mass is 232 g/mol. The fraction of sp³-hybridized carbons (Fsp3) is 0.800. The zero-order valence-corrected chi connectivity index (χ0v) is 9.52. The number of hydrogen-bond acceptors (Lipinski definition) is 5. The summed E-state index contributed by atoms with van der Waals surface area (Å²) in [5.41, 5.74) is -0.918. The van der Waals surface area contributed by atoms with E-state index in [-0.39, 0.29) is 26.0 Å². The second-order valence-electron chi connectivity index (χ2n) is 4.32. The Morgan fingerprint density at radius 1 is 1.44 bits per heavy atom. The van der Waals surface area contributed by atoms with E-state index in [1.165, 1.54) is 0 Å². The van der Waals surface area contributed by atoms with Crippen LogP contribution in [0.15, 0.2) is 0 Å². The van der Waals surface area contributed by atoms with Crippen LogP contribution in [-0.4, -0.2) is 41.3 Å². The summed E-state index contributed by atoms with van der Waals surface area (Å²) in [6.07, 6.45) is -1.21. The van der Waals surface area contributed by atoms with Gasteiger partial charge in [-0.1, -0.05) is 13.8 Å². The van der Waals surface area contributed by atoms with Crippen molar-refractivity contribution in [3.63, 3.8) is 0 Å². The number of carboxylic acids is 1. The molecule has 0 fully saturated rings. The van der Waals surface area contributed by atoms with Crippen molar-refractivity contribution in [3.05, 3.63) is 0 Å². The largest absolute Gasteiger partial charge is 0.550 e. The predicted octanol–water partition coefficient (Wildman–Crippen LogP) is -1.99. The second kappa shape index (κ2) is 6.44. The number of carbonyl (C=O) groups is 2. The molecule has 0 bridgehead atoms. The molecule has 16 heavy (non-hydrogen) atoms. The molecule has 0 aromatic rings. The molecule has 3 N–H and O–H groups in total. The summed E-state index contributed by atoms with van der Waals surface area (Å²) in [7, 11) is 0. The van der Waals surface area contributed by atoms with Crippen molar-refractivity contribution in [2.24, 2.45) is 5.41 Å². The topological polar surface area (TPSA) is 110 Å². The molecular weight excluding hydrogens is 214 g/mol. The van der Waals surface area contributed by atoms with Crippen LogP contribution in [0.25, 0.3) is 0 Å². The molecule has 0 heterocycles. The van der Waals surface area contributed by atoms with Crippen LogP contribution in [-0.2, 0) is 9.59 Å². The standard InChI is InChI=1S/C10H19NO5/c1-10(2,6-12)8(15)9(16)11-5-3-4-7(13)14/h8,12,15H,3-6H2,1-2H3,(H,11,16)(H,13,14)/p-1. The first kappa shape index (κ1) is 14.9. The number of nitrogens with one attached hydrogen (secondary N) is 1. The molecule has 94 valence electrons. The minimum Gasteiger partial charge on any atom is -0.550 e. The van der Waals surface area contributed by atoms with Crippen LogP contribution in [0.3, 0.4) is 0 Å². The Labute approximate surface area is 94.3 Å². The van der Waals surface area contributed by atoms with Gasteiger partial charge in [0.15, 0.2) is 0 Å². The minimum absolute atomic E-state index is 0.139. The summed E-state index contributed by atoms with van der Waals surface area (Å²) >= 11 is 0. The Morgan fingerprint density at radius 3 is 2.44 bits per heavy atom. The number of hydrogen-bond donors (Lipinski definition) is 3.